The number of rotatable bonds is 5. The van der Waals surface area contributed by atoms with E-state index in [1.54, 1.807) is 4.90 Å². The zero-order valence-electron chi connectivity index (χ0n) is 18.8. The van der Waals surface area contributed by atoms with Crippen LogP contribution in [0.3, 0.4) is 0 Å². The van der Waals surface area contributed by atoms with Crippen LogP contribution >= 0.6 is 0 Å². The van der Waals surface area contributed by atoms with Gasteiger partial charge < -0.3 is 14.7 Å². The van der Waals surface area contributed by atoms with Crippen LogP contribution in [0.25, 0.3) is 0 Å². The molecule has 0 radical (unpaired) electrons. The van der Waals surface area contributed by atoms with Crippen molar-refractivity contribution in [1.29, 1.82) is 0 Å². The summed E-state index contributed by atoms with van der Waals surface area (Å²) in [4.78, 5) is 38.4. The van der Waals surface area contributed by atoms with Gasteiger partial charge in [0, 0.05) is 25.1 Å². The summed E-state index contributed by atoms with van der Waals surface area (Å²) in [6.45, 7) is 4.98. The lowest BCUT2D eigenvalue weighted by molar-refractivity contribution is -0.178. The molecule has 3 aliphatic rings. The third-order valence-electron chi connectivity index (χ3n) is 6.74. The Balaban J connectivity index is 0.00000132. The topological polar surface area (TPSA) is 83.9 Å². The third-order valence-corrected chi connectivity index (χ3v) is 6.74. The van der Waals surface area contributed by atoms with Crippen molar-refractivity contribution >= 4 is 17.7 Å². The van der Waals surface area contributed by atoms with Gasteiger partial charge in [-0.05, 0) is 55.7 Å². The molecule has 31 heavy (non-hydrogen) atoms. The lowest BCUT2D eigenvalue weighted by atomic mass is 9.76. The average molecular weight is 430 g/mol. The standard InChI is InChI=1S/C23H29NO5.C2H6/c25-19-10-12-24(15-19)22(28)17-7-5-16(6-8-17)9-11-23(18-3-1-2-4-18)14-20(26)13-21(27)29-23;1-2/h5-8,18-19,25H,1-4,9-15H2;1-2H3. The maximum atomic E-state index is 12.5. The van der Waals surface area contributed by atoms with Gasteiger partial charge in [0.05, 0.1) is 6.10 Å². The lowest BCUT2D eigenvalue weighted by Gasteiger charge is -2.41. The molecule has 2 atom stereocenters. The van der Waals surface area contributed by atoms with Gasteiger partial charge in [0.25, 0.3) is 5.91 Å². The van der Waals surface area contributed by atoms with Crippen LogP contribution in [0.5, 0.6) is 0 Å². The molecule has 6 nitrogen and oxygen atoms in total. The lowest BCUT2D eigenvalue weighted by Crippen LogP contribution is -2.48. The predicted molar refractivity (Wildman–Crippen MR) is 118 cm³/mol. The molecule has 0 bridgehead atoms. The number of likely N-dealkylation sites (tertiary alicyclic amines) is 1. The number of esters is 1. The van der Waals surface area contributed by atoms with Gasteiger partial charge in [0.2, 0.25) is 0 Å². The second-order valence-corrected chi connectivity index (χ2v) is 8.80. The minimum Gasteiger partial charge on any atom is -0.458 e. The molecule has 1 saturated carbocycles. The van der Waals surface area contributed by atoms with Crippen LogP contribution in [0.15, 0.2) is 24.3 Å². The second-order valence-electron chi connectivity index (χ2n) is 8.80. The van der Waals surface area contributed by atoms with E-state index in [2.05, 4.69) is 0 Å². The van der Waals surface area contributed by atoms with Crippen LogP contribution in [-0.4, -0.2) is 52.5 Å². The number of ether oxygens (including phenoxy) is 1. The van der Waals surface area contributed by atoms with Crippen LogP contribution in [0, 0.1) is 5.92 Å². The molecule has 0 aromatic heterocycles. The molecule has 1 amide bonds. The summed E-state index contributed by atoms with van der Waals surface area (Å²) in [6, 6.07) is 7.52. The Bertz CT molecular complexity index is 766. The minimum absolute atomic E-state index is 0.0121. The Hall–Kier alpha value is -2.21. The average Bonchev–Trinajstić information content (AvgIpc) is 3.45. The number of carbonyl (C=O) groups excluding carboxylic acids is 3. The van der Waals surface area contributed by atoms with Crippen molar-refractivity contribution in [1.82, 2.24) is 4.90 Å². The fourth-order valence-electron chi connectivity index (χ4n) is 5.16. The van der Waals surface area contributed by atoms with Crippen molar-refractivity contribution in [3.63, 3.8) is 0 Å². The maximum absolute atomic E-state index is 12.5. The van der Waals surface area contributed by atoms with Gasteiger partial charge >= 0.3 is 5.97 Å². The SMILES string of the molecule is CC.O=C1CC(=O)OC(CCc2ccc(C(=O)N3CCC(O)C3)cc2)(C2CCCC2)C1. The van der Waals surface area contributed by atoms with Crippen molar-refractivity contribution < 1.29 is 24.2 Å². The molecule has 1 N–H and O–H groups in total. The second kappa shape index (κ2) is 10.4. The normalized spacial score (nSPS) is 26.4. The highest BCUT2D eigenvalue weighted by Crippen LogP contribution is 2.43. The first kappa shape index (κ1) is 23.5. The van der Waals surface area contributed by atoms with Crippen molar-refractivity contribution in [2.24, 2.45) is 5.92 Å². The van der Waals surface area contributed by atoms with Gasteiger partial charge in [-0.3, -0.25) is 14.4 Å². The molecule has 1 aromatic rings. The summed E-state index contributed by atoms with van der Waals surface area (Å²) >= 11 is 0. The molecular weight excluding hydrogens is 394 g/mol. The Labute approximate surface area is 185 Å². The fourth-order valence-corrected chi connectivity index (χ4v) is 5.16. The van der Waals surface area contributed by atoms with E-state index in [0.29, 0.717) is 44.3 Å². The van der Waals surface area contributed by atoms with Crippen molar-refractivity contribution in [3.05, 3.63) is 35.4 Å². The third kappa shape index (κ3) is 5.53. The monoisotopic (exact) mass is 429 g/mol. The highest BCUT2D eigenvalue weighted by Gasteiger charge is 2.47. The number of nitrogens with zero attached hydrogens (tertiary/aromatic N) is 1. The number of aliphatic hydroxyl groups excluding tert-OH is 1. The van der Waals surface area contributed by atoms with E-state index in [9.17, 15) is 19.5 Å². The molecule has 2 saturated heterocycles. The molecule has 3 fully saturated rings. The zero-order chi connectivity index (χ0) is 22.4. The van der Waals surface area contributed by atoms with Gasteiger partial charge in [-0.1, -0.05) is 38.8 Å². The van der Waals surface area contributed by atoms with Crippen molar-refractivity contribution in [3.8, 4) is 0 Å². The molecule has 2 aliphatic heterocycles. The number of amides is 1. The number of carbonyl (C=O) groups is 3. The minimum atomic E-state index is -0.664. The van der Waals surface area contributed by atoms with E-state index in [0.717, 1.165) is 31.2 Å². The quantitative estimate of drug-likeness (QED) is 0.570. The Kier molecular flexibility index (Phi) is 7.87. The predicted octanol–water partition coefficient (Wildman–Crippen LogP) is 3.69. The van der Waals surface area contributed by atoms with E-state index < -0.39 is 11.7 Å². The van der Waals surface area contributed by atoms with Gasteiger partial charge in [-0.15, -0.1) is 0 Å². The molecule has 1 aromatic carbocycles. The van der Waals surface area contributed by atoms with E-state index in [1.165, 1.54) is 0 Å². The van der Waals surface area contributed by atoms with E-state index in [-0.39, 0.29) is 30.0 Å². The zero-order valence-corrected chi connectivity index (χ0v) is 18.8. The molecular formula is C25H35NO5. The van der Waals surface area contributed by atoms with Gasteiger partial charge in [0.1, 0.15) is 17.8 Å². The summed E-state index contributed by atoms with van der Waals surface area (Å²) in [5.74, 6) is -0.190. The number of cyclic esters (lactones) is 1. The molecule has 2 unspecified atom stereocenters. The van der Waals surface area contributed by atoms with E-state index in [4.69, 9.17) is 4.74 Å². The Morgan fingerprint density at radius 1 is 1.13 bits per heavy atom. The number of Topliss-reactive ketones (excluding diaryl/α,β-unsaturated/α-hetero) is 1. The van der Waals surface area contributed by atoms with Crippen LogP contribution in [-0.2, 0) is 20.7 Å². The highest BCUT2D eigenvalue weighted by atomic mass is 16.6. The molecule has 0 spiro atoms. The number of ketones is 1. The molecule has 2 heterocycles. The van der Waals surface area contributed by atoms with Crippen LogP contribution in [0.4, 0.5) is 0 Å². The number of hydrogen-bond donors (Lipinski definition) is 1. The summed E-state index contributed by atoms with van der Waals surface area (Å²) in [6.07, 6.45) is 6.05. The first-order chi connectivity index (χ1) is 14.9. The number of hydrogen-bond acceptors (Lipinski definition) is 5. The van der Waals surface area contributed by atoms with Crippen LogP contribution in [0.2, 0.25) is 0 Å². The molecule has 170 valence electrons. The molecule has 6 heteroatoms. The van der Waals surface area contributed by atoms with Crippen molar-refractivity contribution in [2.45, 2.75) is 83.3 Å². The summed E-state index contributed by atoms with van der Waals surface area (Å²) < 4.78 is 5.85. The molecule has 4 rings (SSSR count). The highest BCUT2D eigenvalue weighted by molar-refractivity contribution is 5.98. The Morgan fingerprint density at radius 3 is 2.39 bits per heavy atom. The number of β-amino-alcohol motifs (C(OH)–C–C–N with tert-alkyl or cyclic N) is 1. The van der Waals surface area contributed by atoms with Crippen molar-refractivity contribution in [2.75, 3.05) is 13.1 Å². The number of aliphatic hydroxyl groups is 1. The summed E-state index contributed by atoms with van der Waals surface area (Å²) in [5.41, 5.74) is 1.02. The van der Waals surface area contributed by atoms with E-state index >= 15 is 0 Å². The summed E-state index contributed by atoms with van der Waals surface area (Å²) in [5, 5.41) is 9.63. The Morgan fingerprint density at radius 2 is 1.81 bits per heavy atom. The fraction of sp³-hybridized carbons (Fsp3) is 0.640. The van der Waals surface area contributed by atoms with E-state index in [1.807, 2.05) is 38.1 Å². The van der Waals surface area contributed by atoms with Gasteiger partial charge in [-0.25, -0.2) is 0 Å². The van der Waals surface area contributed by atoms with Gasteiger partial charge in [-0.2, -0.15) is 0 Å². The first-order valence-corrected chi connectivity index (χ1v) is 11.7. The summed E-state index contributed by atoms with van der Waals surface area (Å²) in [7, 11) is 0. The van der Waals surface area contributed by atoms with Crippen LogP contribution in [0.1, 0.15) is 81.1 Å². The largest absolute Gasteiger partial charge is 0.458 e. The number of benzene rings is 1. The van der Waals surface area contributed by atoms with Crippen LogP contribution < -0.4 is 0 Å². The van der Waals surface area contributed by atoms with Gasteiger partial charge in [0.15, 0.2) is 0 Å². The number of aryl methyl sites for hydroxylation is 1. The first-order valence-electron chi connectivity index (χ1n) is 11.7. The smallest absolute Gasteiger partial charge is 0.313 e. The maximum Gasteiger partial charge on any atom is 0.313 e. The molecule has 1 aliphatic carbocycles.